The van der Waals surface area contributed by atoms with E-state index < -0.39 is 5.91 Å². The maximum atomic E-state index is 11.9. The van der Waals surface area contributed by atoms with E-state index in [-0.39, 0.29) is 11.3 Å². The Labute approximate surface area is 131 Å². The van der Waals surface area contributed by atoms with Crippen LogP contribution in [0.3, 0.4) is 0 Å². The number of para-hydroxylation sites is 2. The molecule has 1 heterocycles. The van der Waals surface area contributed by atoms with E-state index in [9.17, 15) is 9.90 Å². The van der Waals surface area contributed by atoms with Crippen molar-refractivity contribution in [3.63, 3.8) is 0 Å². The van der Waals surface area contributed by atoms with Gasteiger partial charge >= 0.3 is 0 Å². The predicted molar refractivity (Wildman–Crippen MR) is 84.5 cm³/mol. The number of hydrazone groups is 1. The Kier molecular flexibility index (Phi) is 4.10. The second kappa shape index (κ2) is 6.52. The molecule has 0 aliphatic heterocycles. The van der Waals surface area contributed by atoms with E-state index in [2.05, 4.69) is 20.7 Å². The molecule has 2 N–H and O–H groups in total. The highest BCUT2D eigenvalue weighted by atomic mass is 16.3. The largest absolute Gasteiger partial charge is 0.507 e. The third-order valence-corrected chi connectivity index (χ3v) is 3.01. The summed E-state index contributed by atoms with van der Waals surface area (Å²) in [7, 11) is 0. The number of amides is 1. The van der Waals surface area contributed by atoms with Gasteiger partial charge in [0.1, 0.15) is 11.4 Å². The van der Waals surface area contributed by atoms with Gasteiger partial charge in [-0.05, 0) is 24.3 Å². The normalized spacial score (nSPS) is 10.8. The lowest BCUT2D eigenvalue weighted by atomic mass is 10.2. The molecule has 1 amide bonds. The predicted octanol–water partition coefficient (Wildman–Crippen LogP) is 1.74. The number of hydrogen-bond acceptors (Lipinski definition) is 5. The highest BCUT2D eigenvalue weighted by molar-refractivity contribution is 5.97. The molecule has 0 spiro atoms. The number of hydrogen-bond donors (Lipinski definition) is 2. The summed E-state index contributed by atoms with van der Waals surface area (Å²) in [5, 5.41) is 21.7. The van der Waals surface area contributed by atoms with Crippen molar-refractivity contribution in [1.29, 1.82) is 0 Å². The molecule has 7 heteroatoms. The number of aromatic nitrogens is 3. The van der Waals surface area contributed by atoms with Gasteiger partial charge in [-0.2, -0.15) is 15.0 Å². The summed E-state index contributed by atoms with van der Waals surface area (Å²) in [6.45, 7) is 0. The molecule has 0 bridgehead atoms. The second-order valence-electron chi connectivity index (χ2n) is 4.61. The van der Waals surface area contributed by atoms with E-state index in [4.69, 9.17) is 0 Å². The van der Waals surface area contributed by atoms with Gasteiger partial charge < -0.3 is 5.11 Å². The van der Waals surface area contributed by atoms with Crippen LogP contribution in [0.1, 0.15) is 16.1 Å². The minimum atomic E-state index is -0.505. The molecule has 0 fully saturated rings. The zero-order valence-corrected chi connectivity index (χ0v) is 12.0. The van der Waals surface area contributed by atoms with Crippen LogP contribution in [0.15, 0.2) is 65.9 Å². The van der Waals surface area contributed by atoms with Crippen LogP contribution in [0, 0.1) is 0 Å². The number of carbonyl (C=O) groups excluding carboxylic acids is 1. The summed E-state index contributed by atoms with van der Waals surface area (Å²) in [6, 6.07) is 15.7. The first kappa shape index (κ1) is 14.5. The van der Waals surface area contributed by atoms with Gasteiger partial charge in [-0.1, -0.05) is 30.3 Å². The summed E-state index contributed by atoms with van der Waals surface area (Å²) in [6.07, 6.45) is 2.91. The Bertz CT molecular complexity index is 842. The Morgan fingerprint density at radius 1 is 1.13 bits per heavy atom. The molecule has 0 aliphatic carbocycles. The van der Waals surface area contributed by atoms with E-state index in [0.717, 1.165) is 5.69 Å². The van der Waals surface area contributed by atoms with Crippen molar-refractivity contribution in [3.8, 4) is 11.4 Å². The van der Waals surface area contributed by atoms with Crippen molar-refractivity contribution in [1.82, 2.24) is 20.4 Å². The molecular weight excluding hydrogens is 294 g/mol. The molecular formula is C16H13N5O2. The number of benzene rings is 2. The van der Waals surface area contributed by atoms with E-state index in [1.165, 1.54) is 29.3 Å². The lowest BCUT2D eigenvalue weighted by Crippen LogP contribution is -2.17. The average Bonchev–Trinajstić information content (AvgIpc) is 3.05. The Morgan fingerprint density at radius 2 is 1.87 bits per heavy atom. The van der Waals surface area contributed by atoms with Crippen LogP contribution in [0.5, 0.6) is 5.75 Å². The highest BCUT2D eigenvalue weighted by Crippen LogP contribution is 2.14. The molecule has 0 aliphatic rings. The molecule has 114 valence electrons. The number of carbonyl (C=O) groups is 1. The minimum Gasteiger partial charge on any atom is -0.507 e. The van der Waals surface area contributed by atoms with Gasteiger partial charge in [0.25, 0.3) is 5.91 Å². The molecule has 0 radical (unpaired) electrons. The van der Waals surface area contributed by atoms with Crippen molar-refractivity contribution < 1.29 is 9.90 Å². The molecule has 0 unspecified atom stereocenters. The van der Waals surface area contributed by atoms with E-state index in [0.29, 0.717) is 5.69 Å². The first-order valence-electron chi connectivity index (χ1n) is 6.83. The van der Waals surface area contributed by atoms with Crippen LogP contribution in [0.2, 0.25) is 0 Å². The van der Waals surface area contributed by atoms with Gasteiger partial charge in [0.05, 0.1) is 23.7 Å². The maximum Gasteiger partial charge on any atom is 0.275 e. The molecule has 7 nitrogen and oxygen atoms in total. The number of nitrogens with one attached hydrogen (secondary N) is 1. The first-order chi connectivity index (χ1) is 11.2. The SMILES string of the molecule is O=C(N/N=C/c1cnn(-c2ccccc2)n1)c1ccccc1O. The van der Waals surface area contributed by atoms with Gasteiger partial charge in [0.15, 0.2) is 0 Å². The third kappa shape index (κ3) is 3.41. The van der Waals surface area contributed by atoms with Crippen molar-refractivity contribution in [3.05, 3.63) is 72.1 Å². The van der Waals surface area contributed by atoms with Crippen LogP contribution < -0.4 is 5.43 Å². The van der Waals surface area contributed by atoms with E-state index in [1.807, 2.05) is 30.3 Å². The van der Waals surface area contributed by atoms with Gasteiger partial charge in [-0.25, -0.2) is 5.43 Å². The number of rotatable bonds is 4. The van der Waals surface area contributed by atoms with Crippen molar-refractivity contribution in [2.24, 2.45) is 5.10 Å². The van der Waals surface area contributed by atoms with Gasteiger partial charge in [-0.3, -0.25) is 4.79 Å². The summed E-state index contributed by atoms with van der Waals surface area (Å²) in [5.74, 6) is -0.606. The smallest absolute Gasteiger partial charge is 0.275 e. The van der Waals surface area contributed by atoms with Gasteiger partial charge in [0.2, 0.25) is 0 Å². The summed E-state index contributed by atoms with van der Waals surface area (Å²) < 4.78 is 0. The van der Waals surface area contributed by atoms with Crippen LogP contribution in [-0.2, 0) is 0 Å². The summed E-state index contributed by atoms with van der Waals surface area (Å²) in [4.78, 5) is 13.3. The second-order valence-corrected chi connectivity index (χ2v) is 4.61. The standard InChI is InChI=1S/C16H13N5O2/c22-15-9-5-4-8-14(15)16(23)19-17-10-12-11-18-21(20-12)13-6-2-1-3-7-13/h1-11,22H,(H,19,23)/b17-10+. The molecule has 0 saturated heterocycles. The summed E-state index contributed by atoms with van der Waals surface area (Å²) in [5.41, 5.74) is 3.80. The molecule has 0 saturated carbocycles. The lowest BCUT2D eigenvalue weighted by Gasteiger charge is -2.01. The molecule has 1 aromatic heterocycles. The molecule has 3 rings (SSSR count). The van der Waals surface area contributed by atoms with Gasteiger partial charge in [-0.15, -0.1) is 5.10 Å². The number of aromatic hydroxyl groups is 1. The zero-order valence-electron chi connectivity index (χ0n) is 12.0. The number of phenolic OH excluding ortho intramolecular Hbond substituents is 1. The Balaban J connectivity index is 1.66. The highest BCUT2D eigenvalue weighted by Gasteiger charge is 2.08. The molecule has 3 aromatic rings. The minimum absolute atomic E-state index is 0.102. The van der Waals surface area contributed by atoms with E-state index in [1.54, 1.807) is 12.1 Å². The van der Waals surface area contributed by atoms with Crippen molar-refractivity contribution in [2.45, 2.75) is 0 Å². The molecule has 2 aromatic carbocycles. The fraction of sp³-hybridized carbons (Fsp3) is 0. The lowest BCUT2D eigenvalue weighted by molar-refractivity contribution is 0.0952. The van der Waals surface area contributed by atoms with Crippen LogP contribution in [0.4, 0.5) is 0 Å². The fourth-order valence-corrected chi connectivity index (χ4v) is 1.90. The zero-order chi connectivity index (χ0) is 16.1. The quantitative estimate of drug-likeness (QED) is 0.567. The molecule has 0 atom stereocenters. The third-order valence-electron chi connectivity index (χ3n) is 3.01. The topological polar surface area (TPSA) is 92.4 Å². The monoisotopic (exact) mass is 307 g/mol. The number of nitrogens with zero attached hydrogens (tertiary/aromatic N) is 4. The average molecular weight is 307 g/mol. The van der Waals surface area contributed by atoms with E-state index >= 15 is 0 Å². The number of phenols is 1. The maximum absolute atomic E-state index is 11.9. The van der Waals surface area contributed by atoms with Crippen LogP contribution in [0.25, 0.3) is 5.69 Å². The van der Waals surface area contributed by atoms with Crippen molar-refractivity contribution in [2.75, 3.05) is 0 Å². The first-order valence-corrected chi connectivity index (χ1v) is 6.83. The molecule has 23 heavy (non-hydrogen) atoms. The Hall–Kier alpha value is -3.48. The van der Waals surface area contributed by atoms with Crippen LogP contribution in [-0.4, -0.2) is 32.2 Å². The fourth-order valence-electron chi connectivity index (χ4n) is 1.90. The van der Waals surface area contributed by atoms with Crippen LogP contribution >= 0.6 is 0 Å². The van der Waals surface area contributed by atoms with Crippen molar-refractivity contribution >= 4 is 12.1 Å². The summed E-state index contributed by atoms with van der Waals surface area (Å²) >= 11 is 0. The Morgan fingerprint density at radius 3 is 2.65 bits per heavy atom. The van der Waals surface area contributed by atoms with Gasteiger partial charge in [0, 0.05) is 0 Å².